The van der Waals surface area contributed by atoms with E-state index in [4.69, 9.17) is 4.74 Å². The van der Waals surface area contributed by atoms with Crippen molar-refractivity contribution < 1.29 is 23.1 Å². The molecular weight excluding hydrogens is 356 g/mol. The molecule has 27 heavy (non-hydrogen) atoms. The molecule has 2 aromatic carbocycles. The van der Waals surface area contributed by atoms with E-state index < -0.39 is 23.4 Å². The van der Waals surface area contributed by atoms with E-state index in [1.54, 1.807) is 36.3 Å². The SMILES string of the molecule is COc1ccc(N2C[C@@H](CNC(=O)Nc3c(F)cccc3F)CC2=O)cc1. The van der Waals surface area contributed by atoms with E-state index in [0.29, 0.717) is 12.3 Å². The number of halogens is 2. The summed E-state index contributed by atoms with van der Waals surface area (Å²) in [6, 6.07) is 9.72. The van der Waals surface area contributed by atoms with Crippen molar-refractivity contribution in [3.8, 4) is 5.75 Å². The number of nitrogens with one attached hydrogen (secondary N) is 2. The largest absolute Gasteiger partial charge is 0.497 e. The fraction of sp³-hybridized carbons (Fsp3) is 0.263. The molecule has 6 nitrogen and oxygen atoms in total. The minimum absolute atomic E-state index is 0.0486. The van der Waals surface area contributed by atoms with Gasteiger partial charge in [-0.1, -0.05) is 6.07 Å². The molecule has 1 heterocycles. The number of ether oxygens (including phenoxy) is 1. The first-order valence-electron chi connectivity index (χ1n) is 8.41. The number of carbonyl (C=O) groups is 2. The van der Waals surface area contributed by atoms with E-state index in [9.17, 15) is 18.4 Å². The Morgan fingerprint density at radius 2 is 1.85 bits per heavy atom. The average molecular weight is 375 g/mol. The zero-order valence-corrected chi connectivity index (χ0v) is 14.7. The molecule has 3 rings (SSSR count). The highest BCUT2D eigenvalue weighted by atomic mass is 19.1. The molecule has 1 atom stereocenters. The molecule has 0 aliphatic carbocycles. The normalized spacial score (nSPS) is 16.3. The van der Waals surface area contributed by atoms with E-state index >= 15 is 0 Å². The number of carbonyl (C=O) groups excluding carboxylic acids is 2. The van der Waals surface area contributed by atoms with Crippen molar-refractivity contribution in [1.29, 1.82) is 0 Å². The summed E-state index contributed by atoms with van der Waals surface area (Å²) >= 11 is 0. The zero-order chi connectivity index (χ0) is 19.4. The molecule has 0 aromatic heterocycles. The molecule has 142 valence electrons. The van der Waals surface area contributed by atoms with Crippen molar-refractivity contribution in [1.82, 2.24) is 5.32 Å². The van der Waals surface area contributed by atoms with Gasteiger partial charge in [-0.15, -0.1) is 0 Å². The molecule has 1 saturated heterocycles. The standard InChI is InChI=1S/C19H19F2N3O3/c1-27-14-7-5-13(6-8-14)24-11-12(9-17(24)25)10-22-19(26)23-18-15(20)3-2-4-16(18)21/h2-8,12H,9-11H2,1H3,(H2,22,23,26)/t12-/m1/s1. The molecule has 2 N–H and O–H groups in total. The summed E-state index contributed by atoms with van der Waals surface area (Å²) in [4.78, 5) is 25.8. The van der Waals surface area contributed by atoms with Gasteiger partial charge in [0.25, 0.3) is 0 Å². The fourth-order valence-corrected chi connectivity index (χ4v) is 2.94. The number of rotatable bonds is 5. The van der Waals surface area contributed by atoms with Crippen molar-refractivity contribution in [2.45, 2.75) is 6.42 Å². The maximum Gasteiger partial charge on any atom is 0.319 e. The lowest BCUT2D eigenvalue weighted by molar-refractivity contribution is -0.117. The number of benzene rings is 2. The number of hydrogen-bond donors (Lipinski definition) is 2. The van der Waals surface area contributed by atoms with Crippen LogP contribution in [0.5, 0.6) is 5.75 Å². The van der Waals surface area contributed by atoms with Crippen molar-refractivity contribution in [3.63, 3.8) is 0 Å². The molecule has 1 fully saturated rings. The van der Waals surface area contributed by atoms with Gasteiger partial charge < -0.3 is 20.3 Å². The summed E-state index contributed by atoms with van der Waals surface area (Å²) in [6.45, 7) is 0.653. The number of para-hydroxylation sites is 1. The second-order valence-electron chi connectivity index (χ2n) is 6.20. The Morgan fingerprint density at radius 3 is 2.48 bits per heavy atom. The predicted octanol–water partition coefficient (Wildman–Crippen LogP) is 3.15. The summed E-state index contributed by atoms with van der Waals surface area (Å²) in [5, 5.41) is 4.71. The van der Waals surface area contributed by atoms with Gasteiger partial charge in [-0.25, -0.2) is 13.6 Å². The van der Waals surface area contributed by atoms with E-state index in [1.807, 2.05) is 0 Å². The summed E-state index contributed by atoms with van der Waals surface area (Å²) < 4.78 is 32.2. The summed E-state index contributed by atoms with van der Waals surface area (Å²) in [5.41, 5.74) is 0.249. The molecule has 1 aliphatic heterocycles. The number of urea groups is 1. The van der Waals surface area contributed by atoms with Gasteiger partial charge in [-0.2, -0.15) is 0 Å². The van der Waals surface area contributed by atoms with Gasteiger partial charge in [0.15, 0.2) is 0 Å². The van der Waals surface area contributed by atoms with Gasteiger partial charge in [0.05, 0.1) is 7.11 Å². The maximum atomic E-state index is 13.6. The number of nitrogens with zero attached hydrogens (tertiary/aromatic N) is 1. The lowest BCUT2D eigenvalue weighted by Crippen LogP contribution is -2.34. The minimum Gasteiger partial charge on any atom is -0.497 e. The smallest absolute Gasteiger partial charge is 0.319 e. The van der Waals surface area contributed by atoms with Gasteiger partial charge in [-0.3, -0.25) is 4.79 Å². The van der Waals surface area contributed by atoms with Gasteiger partial charge in [0.2, 0.25) is 5.91 Å². The quantitative estimate of drug-likeness (QED) is 0.843. The zero-order valence-electron chi connectivity index (χ0n) is 14.7. The third-order valence-electron chi connectivity index (χ3n) is 4.34. The van der Waals surface area contributed by atoms with Gasteiger partial charge >= 0.3 is 6.03 Å². The van der Waals surface area contributed by atoms with Crippen LogP contribution in [0.15, 0.2) is 42.5 Å². The molecule has 0 bridgehead atoms. The van der Waals surface area contributed by atoms with E-state index in [2.05, 4.69) is 10.6 Å². The Kier molecular flexibility index (Phi) is 5.54. The second-order valence-corrected chi connectivity index (χ2v) is 6.20. The van der Waals surface area contributed by atoms with Crippen molar-refractivity contribution in [3.05, 3.63) is 54.1 Å². The monoisotopic (exact) mass is 375 g/mol. The molecule has 2 aromatic rings. The van der Waals surface area contributed by atoms with E-state index in [1.165, 1.54) is 6.07 Å². The Bertz CT molecular complexity index is 822. The van der Waals surface area contributed by atoms with Crippen LogP contribution in [0.4, 0.5) is 25.0 Å². The van der Waals surface area contributed by atoms with Crippen LogP contribution in [-0.4, -0.2) is 32.1 Å². The van der Waals surface area contributed by atoms with Crippen molar-refractivity contribution >= 4 is 23.3 Å². The Morgan fingerprint density at radius 1 is 1.19 bits per heavy atom. The highest BCUT2D eigenvalue weighted by Crippen LogP contribution is 2.26. The molecule has 0 spiro atoms. The summed E-state index contributed by atoms with van der Waals surface area (Å²) in [6.07, 6.45) is 0.278. The highest BCUT2D eigenvalue weighted by Gasteiger charge is 2.30. The van der Waals surface area contributed by atoms with Gasteiger partial charge in [0.1, 0.15) is 23.1 Å². The molecule has 1 aliphatic rings. The minimum atomic E-state index is -0.855. The topological polar surface area (TPSA) is 70.7 Å². The van der Waals surface area contributed by atoms with Crippen molar-refractivity contribution in [2.24, 2.45) is 5.92 Å². The molecule has 0 radical (unpaired) electrons. The lowest BCUT2D eigenvalue weighted by Gasteiger charge is -2.17. The van der Waals surface area contributed by atoms with Crippen molar-refractivity contribution in [2.75, 3.05) is 30.4 Å². The summed E-state index contributed by atoms with van der Waals surface area (Å²) in [7, 11) is 1.57. The number of amides is 3. The van der Waals surface area contributed by atoms with E-state index in [-0.39, 0.29) is 24.8 Å². The predicted molar refractivity (Wildman–Crippen MR) is 96.8 cm³/mol. The van der Waals surface area contributed by atoms with Crippen LogP contribution in [-0.2, 0) is 4.79 Å². The fourth-order valence-electron chi connectivity index (χ4n) is 2.94. The Labute approximate surface area is 155 Å². The molecular formula is C19H19F2N3O3. The van der Waals surface area contributed by atoms with Crippen LogP contribution >= 0.6 is 0 Å². The average Bonchev–Trinajstić information content (AvgIpc) is 3.04. The van der Waals surface area contributed by atoms with Crippen LogP contribution in [0.25, 0.3) is 0 Å². The molecule has 8 heteroatoms. The third-order valence-corrected chi connectivity index (χ3v) is 4.34. The van der Waals surface area contributed by atoms with Gasteiger partial charge in [0, 0.05) is 31.1 Å². The maximum absolute atomic E-state index is 13.6. The van der Waals surface area contributed by atoms with Crippen LogP contribution in [0.1, 0.15) is 6.42 Å². The number of hydrogen-bond acceptors (Lipinski definition) is 3. The lowest BCUT2D eigenvalue weighted by atomic mass is 10.1. The van der Waals surface area contributed by atoms with Crippen LogP contribution in [0.2, 0.25) is 0 Å². The van der Waals surface area contributed by atoms with Crippen LogP contribution in [0, 0.1) is 17.6 Å². The van der Waals surface area contributed by atoms with E-state index in [0.717, 1.165) is 17.8 Å². The van der Waals surface area contributed by atoms with Crippen LogP contribution in [0.3, 0.4) is 0 Å². The molecule has 3 amide bonds. The third kappa shape index (κ3) is 4.33. The first-order chi connectivity index (χ1) is 13.0. The second kappa shape index (κ2) is 8.03. The molecule has 0 saturated carbocycles. The van der Waals surface area contributed by atoms with Gasteiger partial charge in [-0.05, 0) is 36.4 Å². The first kappa shape index (κ1) is 18.6. The highest BCUT2D eigenvalue weighted by molar-refractivity contribution is 5.96. The van der Waals surface area contributed by atoms with Crippen LogP contribution < -0.4 is 20.3 Å². The summed E-state index contributed by atoms with van der Waals surface area (Å²) in [5.74, 6) is -1.16. The molecule has 0 unspecified atom stereocenters. The number of methoxy groups -OCH3 is 1. The first-order valence-corrected chi connectivity index (χ1v) is 8.41. The Hall–Kier alpha value is -3.16. The number of anilines is 2. The Balaban J connectivity index is 1.54.